The lowest BCUT2D eigenvalue weighted by molar-refractivity contribution is -0.141. The second kappa shape index (κ2) is 6.85. The molecule has 0 saturated carbocycles. The molecule has 1 aromatic carbocycles. The maximum atomic E-state index is 13.4. The summed E-state index contributed by atoms with van der Waals surface area (Å²) in [7, 11) is 0. The molecule has 3 aromatic rings. The van der Waals surface area contributed by atoms with Crippen molar-refractivity contribution in [1.82, 2.24) is 19.5 Å². The van der Waals surface area contributed by atoms with Crippen LogP contribution >= 0.6 is 0 Å². The fourth-order valence-electron chi connectivity index (χ4n) is 3.54. The zero-order valence-electron chi connectivity index (χ0n) is 18.4. The van der Waals surface area contributed by atoms with E-state index >= 15 is 0 Å². The van der Waals surface area contributed by atoms with E-state index in [1.165, 1.54) is 17.0 Å². The highest BCUT2D eigenvalue weighted by atomic mass is 19.4. The van der Waals surface area contributed by atoms with E-state index in [0.717, 1.165) is 10.6 Å². The highest BCUT2D eigenvalue weighted by Gasteiger charge is 2.46. The highest BCUT2D eigenvalue weighted by molar-refractivity contribution is 5.74. The van der Waals surface area contributed by atoms with Crippen molar-refractivity contribution in [2.24, 2.45) is 5.73 Å². The van der Waals surface area contributed by atoms with E-state index in [2.05, 4.69) is 15.4 Å². The predicted molar refractivity (Wildman–Crippen MR) is 100 cm³/mol. The Kier molecular flexibility index (Phi) is 3.75. The summed E-state index contributed by atoms with van der Waals surface area (Å²) in [5.74, 6) is -0.483. The number of aryl methyl sites for hydroxylation is 1. The Balaban J connectivity index is 1.72. The van der Waals surface area contributed by atoms with Gasteiger partial charge in [-0.2, -0.15) is 22.8 Å². The van der Waals surface area contributed by atoms with E-state index in [9.17, 15) is 22.4 Å². The molecule has 1 aliphatic rings. The van der Waals surface area contributed by atoms with Crippen molar-refractivity contribution in [2.45, 2.75) is 18.4 Å². The smallest absolute Gasteiger partial charge is 0.369 e. The van der Waals surface area contributed by atoms with E-state index < -0.39 is 41.7 Å². The minimum atomic E-state index is -4.75. The van der Waals surface area contributed by atoms with Gasteiger partial charge in [0.15, 0.2) is 11.3 Å². The number of hydrogen-bond donors (Lipinski definition) is 2. The molecule has 0 spiro atoms. The van der Waals surface area contributed by atoms with Crippen LogP contribution in [0.25, 0.3) is 5.65 Å². The Morgan fingerprint density at radius 3 is 2.60 bits per heavy atom. The second-order valence-electron chi connectivity index (χ2n) is 7.16. The van der Waals surface area contributed by atoms with Gasteiger partial charge in [-0.15, -0.1) is 0 Å². The standard InChI is InChI=1S/C19H18F4N6O/c1-11-6-15(29-16(26-11)7-14(27-29)19(21,22)23)25-8-18(9-28(10-18)17(24)30)12-2-4-13(20)5-3-12/h2-7,25H,8-10H2,1H3,(H2,24,30)/i1D3. The number of nitrogens with two attached hydrogens (primary N) is 1. The molecular formula is C19H18F4N6O. The Hall–Kier alpha value is -3.37. The molecule has 0 atom stereocenters. The third-order valence-corrected chi connectivity index (χ3v) is 5.08. The molecule has 0 aliphatic carbocycles. The number of urea groups is 1. The number of nitrogens with zero attached hydrogens (tertiary/aromatic N) is 4. The number of fused-ring (bicyclic) bond motifs is 1. The number of likely N-dealkylation sites (tertiary alicyclic amines) is 1. The van der Waals surface area contributed by atoms with Crippen LogP contribution in [0.2, 0.25) is 0 Å². The van der Waals surface area contributed by atoms with Crippen LogP contribution in [0.3, 0.4) is 0 Å². The summed E-state index contributed by atoms with van der Waals surface area (Å²) in [5.41, 5.74) is 3.34. The molecule has 7 nitrogen and oxygen atoms in total. The van der Waals surface area contributed by atoms with E-state index in [1.807, 2.05) is 0 Å². The van der Waals surface area contributed by atoms with E-state index in [1.54, 1.807) is 12.1 Å². The van der Waals surface area contributed by atoms with Crippen molar-refractivity contribution in [3.8, 4) is 0 Å². The number of primary amides is 1. The number of halogens is 4. The van der Waals surface area contributed by atoms with Crippen molar-refractivity contribution >= 4 is 17.5 Å². The number of anilines is 1. The molecule has 2 amide bonds. The Bertz CT molecular complexity index is 1200. The summed E-state index contributed by atoms with van der Waals surface area (Å²) in [6, 6.07) is 6.71. The first kappa shape index (κ1) is 16.4. The van der Waals surface area contributed by atoms with Crippen LogP contribution in [-0.2, 0) is 11.6 Å². The lowest BCUT2D eigenvalue weighted by atomic mass is 9.73. The van der Waals surface area contributed by atoms with Crippen molar-refractivity contribution in [2.75, 3.05) is 25.0 Å². The van der Waals surface area contributed by atoms with Gasteiger partial charge in [-0.1, -0.05) is 12.1 Å². The average molecular weight is 425 g/mol. The summed E-state index contributed by atoms with van der Waals surface area (Å²) in [6.07, 6.45) is -4.75. The highest BCUT2D eigenvalue weighted by Crippen LogP contribution is 2.35. The summed E-state index contributed by atoms with van der Waals surface area (Å²) in [5, 5.41) is 6.48. The molecule has 4 rings (SSSR count). The molecule has 1 aliphatic heterocycles. The summed E-state index contributed by atoms with van der Waals surface area (Å²) >= 11 is 0. The monoisotopic (exact) mass is 425 g/mol. The Labute approximate surface area is 172 Å². The fraction of sp³-hybridized carbons (Fsp3) is 0.316. The molecule has 1 saturated heterocycles. The van der Waals surface area contributed by atoms with Crippen molar-refractivity contribution in [3.05, 3.63) is 59.2 Å². The Morgan fingerprint density at radius 2 is 2.00 bits per heavy atom. The third kappa shape index (κ3) is 3.51. The maximum Gasteiger partial charge on any atom is 0.435 e. The van der Waals surface area contributed by atoms with Gasteiger partial charge in [0.05, 0.1) is 0 Å². The Morgan fingerprint density at radius 1 is 1.30 bits per heavy atom. The zero-order chi connectivity index (χ0) is 24.2. The fourth-order valence-corrected chi connectivity index (χ4v) is 3.54. The van der Waals surface area contributed by atoms with E-state index in [0.29, 0.717) is 11.6 Å². The van der Waals surface area contributed by atoms with Gasteiger partial charge < -0.3 is 16.0 Å². The first-order valence-electron chi connectivity index (χ1n) is 10.3. The van der Waals surface area contributed by atoms with Crippen LogP contribution in [0.4, 0.5) is 28.2 Å². The molecular weight excluding hydrogens is 404 g/mol. The summed E-state index contributed by atoms with van der Waals surface area (Å²) < 4.78 is 76.7. The first-order valence-corrected chi connectivity index (χ1v) is 8.81. The van der Waals surface area contributed by atoms with E-state index in [4.69, 9.17) is 9.85 Å². The maximum absolute atomic E-state index is 13.4. The topological polar surface area (TPSA) is 88.5 Å². The third-order valence-electron chi connectivity index (χ3n) is 5.08. The van der Waals surface area contributed by atoms with Gasteiger partial charge in [0.25, 0.3) is 0 Å². The molecule has 3 N–H and O–H groups in total. The number of alkyl halides is 3. The SMILES string of the molecule is [2H]C([2H])([2H])c1cc(NCC2(c3ccc(F)cc3)CN(C(N)=O)C2)n2nc(C(F)(F)F)cc2n1. The number of benzene rings is 1. The molecule has 0 bridgehead atoms. The molecule has 2 aromatic heterocycles. The average Bonchev–Trinajstić information content (AvgIpc) is 3.12. The number of rotatable bonds is 4. The van der Waals surface area contributed by atoms with Crippen molar-refractivity contribution in [1.29, 1.82) is 0 Å². The molecule has 11 heteroatoms. The molecule has 0 unspecified atom stereocenters. The largest absolute Gasteiger partial charge is 0.435 e. The molecule has 30 heavy (non-hydrogen) atoms. The molecule has 1 fully saturated rings. The normalized spacial score (nSPS) is 17.7. The second-order valence-corrected chi connectivity index (χ2v) is 7.16. The van der Waals surface area contributed by atoms with Crippen LogP contribution in [0, 0.1) is 12.7 Å². The number of hydrogen-bond acceptors (Lipinski definition) is 4. The minimum absolute atomic E-state index is 0.0272. The van der Waals surface area contributed by atoms with Gasteiger partial charge >= 0.3 is 12.2 Å². The number of carbonyl (C=O) groups is 1. The number of amides is 2. The van der Waals surface area contributed by atoms with Crippen molar-refractivity contribution in [3.63, 3.8) is 0 Å². The quantitative estimate of drug-likeness (QED) is 0.629. The lowest BCUT2D eigenvalue weighted by Crippen LogP contribution is -2.65. The summed E-state index contributed by atoms with van der Waals surface area (Å²) in [6.45, 7) is -2.25. The van der Waals surface area contributed by atoms with E-state index in [-0.39, 0.29) is 31.1 Å². The van der Waals surface area contributed by atoms with Crippen LogP contribution < -0.4 is 11.1 Å². The van der Waals surface area contributed by atoms with Crippen LogP contribution in [0.15, 0.2) is 36.4 Å². The first-order chi connectivity index (χ1) is 15.3. The number of aromatic nitrogens is 3. The van der Waals surface area contributed by atoms with Crippen molar-refractivity contribution < 1.29 is 26.5 Å². The number of nitrogens with one attached hydrogen (secondary N) is 1. The number of carbonyl (C=O) groups excluding carboxylic acids is 1. The van der Waals surface area contributed by atoms with Gasteiger partial charge in [0, 0.05) is 47.0 Å². The van der Waals surface area contributed by atoms with Gasteiger partial charge in [0.2, 0.25) is 0 Å². The van der Waals surface area contributed by atoms with Gasteiger partial charge in [0.1, 0.15) is 11.6 Å². The molecule has 3 heterocycles. The van der Waals surface area contributed by atoms with Gasteiger partial charge in [-0.3, -0.25) is 0 Å². The van der Waals surface area contributed by atoms with Crippen LogP contribution in [0.1, 0.15) is 21.1 Å². The minimum Gasteiger partial charge on any atom is -0.369 e. The predicted octanol–water partition coefficient (Wildman–Crippen LogP) is 2.94. The molecule has 158 valence electrons. The zero-order valence-corrected chi connectivity index (χ0v) is 15.4. The van der Waals surface area contributed by atoms with Crippen LogP contribution in [0.5, 0.6) is 0 Å². The summed E-state index contributed by atoms with van der Waals surface area (Å²) in [4.78, 5) is 16.7. The molecule has 0 radical (unpaired) electrons. The van der Waals surface area contributed by atoms with Gasteiger partial charge in [-0.25, -0.2) is 14.2 Å². The lowest BCUT2D eigenvalue weighted by Gasteiger charge is -2.50. The van der Waals surface area contributed by atoms with Crippen LogP contribution in [-0.4, -0.2) is 45.2 Å². The van der Waals surface area contributed by atoms with Gasteiger partial charge in [-0.05, 0) is 24.5 Å².